The zero-order valence-electron chi connectivity index (χ0n) is 10.2. The Kier molecular flexibility index (Phi) is 3.38. The van der Waals surface area contributed by atoms with Crippen molar-refractivity contribution in [2.24, 2.45) is 0 Å². The first-order valence-corrected chi connectivity index (χ1v) is 6.74. The normalized spacial score (nSPS) is 25.2. The molecule has 0 bridgehead atoms. The van der Waals surface area contributed by atoms with Crippen molar-refractivity contribution in [3.8, 4) is 0 Å². The first-order chi connectivity index (χ1) is 8.43. The van der Waals surface area contributed by atoms with E-state index in [1.54, 1.807) is 6.33 Å². The van der Waals surface area contributed by atoms with E-state index in [1.807, 2.05) is 0 Å². The minimum atomic E-state index is 0.593. The van der Waals surface area contributed by atoms with Crippen LogP contribution in [0.15, 0.2) is 6.33 Å². The van der Waals surface area contributed by atoms with Gasteiger partial charge < -0.3 is 15.2 Å². The summed E-state index contributed by atoms with van der Waals surface area (Å²) >= 11 is 0. The fraction of sp³-hybridized carbons (Fsp3) is 0.833. The highest BCUT2D eigenvalue weighted by atomic mass is 15.2. The maximum absolute atomic E-state index is 4.14. The van der Waals surface area contributed by atoms with E-state index in [1.165, 1.54) is 51.9 Å². The van der Waals surface area contributed by atoms with Crippen LogP contribution in [-0.2, 0) is 0 Å². The van der Waals surface area contributed by atoms with Crippen LogP contribution in [0.2, 0.25) is 0 Å². The van der Waals surface area contributed by atoms with E-state index < -0.39 is 0 Å². The number of nitrogens with one attached hydrogen (secondary N) is 2. The molecule has 0 atom stereocenters. The molecular weight excluding hydrogens is 214 g/mol. The Balaban J connectivity index is 1.53. The van der Waals surface area contributed by atoms with Crippen molar-refractivity contribution in [3.63, 3.8) is 0 Å². The molecule has 2 aliphatic rings. The lowest BCUT2D eigenvalue weighted by molar-refractivity contribution is 0.125. The average molecular weight is 235 g/mol. The molecule has 0 spiro atoms. The molecule has 0 unspecified atom stereocenters. The third kappa shape index (κ3) is 2.50. The number of hydrogen-bond donors (Lipinski definition) is 2. The number of nitrogens with zero attached hydrogens (tertiary/aromatic N) is 3. The summed E-state index contributed by atoms with van der Waals surface area (Å²) in [7, 11) is 0. The summed E-state index contributed by atoms with van der Waals surface area (Å²) in [6.07, 6.45) is 6.76. The Morgan fingerprint density at radius 2 is 1.88 bits per heavy atom. The molecule has 0 saturated carbocycles. The molecule has 0 radical (unpaired) electrons. The zero-order valence-corrected chi connectivity index (χ0v) is 10.2. The minimum absolute atomic E-state index is 0.593. The van der Waals surface area contributed by atoms with E-state index in [-0.39, 0.29) is 0 Å². The molecule has 2 fully saturated rings. The number of hydrogen-bond acceptors (Lipinski definition) is 4. The smallest absolute Gasteiger partial charge is 0.133 e. The fourth-order valence-electron chi connectivity index (χ4n) is 3.12. The van der Waals surface area contributed by atoms with Crippen molar-refractivity contribution >= 4 is 0 Å². The Labute approximate surface area is 102 Å². The van der Waals surface area contributed by atoms with Crippen molar-refractivity contribution in [1.29, 1.82) is 0 Å². The summed E-state index contributed by atoms with van der Waals surface area (Å²) in [6.45, 7) is 4.81. The highest BCUT2D eigenvalue weighted by Gasteiger charge is 2.27. The van der Waals surface area contributed by atoms with E-state index in [9.17, 15) is 0 Å². The third-order valence-corrected chi connectivity index (χ3v) is 4.18. The Hall–Kier alpha value is -0.940. The van der Waals surface area contributed by atoms with Crippen molar-refractivity contribution < 1.29 is 0 Å². The van der Waals surface area contributed by atoms with E-state index in [4.69, 9.17) is 0 Å². The van der Waals surface area contributed by atoms with Gasteiger partial charge in [0.25, 0.3) is 0 Å². The quantitative estimate of drug-likeness (QED) is 0.793. The molecule has 17 heavy (non-hydrogen) atoms. The number of rotatable bonds is 2. The second-order valence-electron chi connectivity index (χ2n) is 5.17. The topological polar surface area (TPSA) is 56.8 Å². The minimum Gasteiger partial charge on any atom is -0.331 e. The lowest BCUT2D eigenvalue weighted by Crippen LogP contribution is -2.46. The van der Waals surface area contributed by atoms with Crippen LogP contribution in [0.25, 0.3) is 0 Å². The number of H-pyrrole nitrogens is 1. The van der Waals surface area contributed by atoms with Gasteiger partial charge in [-0.15, -0.1) is 10.2 Å². The lowest BCUT2D eigenvalue weighted by Gasteiger charge is -2.39. The molecule has 2 aliphatic heterocycles. The second-order valence-corrected chi connectivity index (χ2v) is 5.17. The summed E-state index contributed by atoms with van der Waals surface area (Å²) in [5.74, 6) is 1.67. The van der Waals surface area contributed by atoms with E-state index in [0.717, 1.165) is 11.9 Å². The van der Waals surface area contributed by atoms with Gasteiger partial charge in [-0.2, -0.15) is 0 Å². The SMILES string of the molecule is c1nnc(C2CCN(C3CCNCC3)CC2)[nH]1. The Bertz CT molecular complexity index is 323. The highest BCUT2D eigenvalue weighted by Crippen LogP contribution is 2.27. The average Bonchev–Trinajstić information content (AvgIpc) is 2.94. The number of likely N-dealkylation sites (tertiary alicyclic amines) is 1. The first-order valence-electron chi connectivity index (χ1n) is 6.74. The van der Waals surface area contributed by atoms with Gasteiger partial charge in [0.2, 0.25) is 0 Å². The van der Waals surface area contributed by atoms with Gasteiger partial charge in [-0.1, -0.05) is 0 Å². The third-order valence-electron chi connectivity index (χ3n) is 4.18. The first kappa shape index (κ1) is 11.2. The molecule has 1 aromatic heterocycles. The van der Waals surface area contributed by atoms with Gasteiger partial charge in [0.05, 0.1) is 0 Å². The predicted molar refractivity (Wildman–Crippen MR) is 65.8 cm³/mol. The van der Waals surface area contributed by atoms with Crippen LogP contribution >= 0.6 is 0 Å². The monoisotopic (exact) mass is 235 g/mol. The summed E-state index contributed by atoms with van der Waals surface area (Å²) in [5, 5.41) is 11.5. The highest BCUT2D eigenvalue weighted by molar-refractivity contribution is 4.96. The maximum atomic E-state index is 4.14. The van der Waals surface area contributed by atoms with Crippen LogP contribution in [0, 0.1) is 0 Å². The van der Waals surface area contributed by atoms with Crippen molar-refractivity contribution in [2.45, 2.75) is 37.6 Å². The van der Waals surface area contributed by atoms with Crippen LogP contribution in [0.5, 0.6) is 0 Å². The van der Waals surface area contributed by atoms with Crippen LogP contribution in [-0.4, -0.2) is 52.3 Å². The van der Waals surface area contributed by atoms with Crippen molar-refractivity contribution in [2.75, 3.05) is 26.2 Å². The standard InChI is InChI=1S/C12H21N5/c1-5-13-6-2-11(1)17-7-3-10(4-8-17)12-14-9-15-16-12/h9-11,13H,1-8H2,(H,14,15,16). The van der Waals surface area contributed by atoms with Gasteiger partial charge in [0.1, 0.15) is 12.2 Å². The molecule has 5 heteroatoms. The summed E-state index contributed by atoms with van der Waals surface area (Å²) in [6, 6.07) is 0.812. The van der Waals surface area contributed by atoms with E-state index in [2.05, 4.69) is 25.4 Å². The van der Waals surface area contributed by atoms with Gasteiger partial charge in [-0.3, -0.25) is 0 Å². The van der Waals surface area contributed by atoms with Gasteiger partial charge >= 0.3 is 0 Å². The molecule has 1 aromatic rings. The largest absolute Gasteiger partial charge is 0.331 e. The van der Waals surface area contributed by atoms with E-state index in [0.29, 0.717) is 5.92 Å². The van der Waals surface area contributed by atoms with Crippen LogP contribution < -0.4 is 5.32 Å². The molecule has 3 rings (SSSR count). The molecule has 94 valence electrons. The molecule has 2 N–H and O–H groups in total. The van der Waals surface area contributed by atoms with Gasteiger partial charge in [-0.25, -0.2) is 0 Å². The molecule has 0 aliphatic carbocycles. The number of aromatic nitrogens is 3. The summed E-state index contributed by atoms with van der Waals surface area (Å²) in [4.78, 5) is 5.82. The van der Waals surface area contributed by atoms with Gasteiger partial charge in [0.15, 0.2) is 0 Å². The van der Waals surface area contributed by atoms with Crippen molar-refractivity contribution in [3.05, 3.63) is 12.2 Å². The van der Waals surface area contributed by atoms with Crippen molar-refractivity contribution in [1.82, 2.24) is 25.4 Å². The Morgan fingerprint density at radius 3 is 2.53 bits per heavy atom. The molecule has 0 aromatic carbocycles. The van der Waals surface area contributed by atoms with Crippen LogP contribution in [0.3, 0.4) is 0 Å². The fourth-order valence-corrected chi connectivity index (χ4v) is 3.12. The zero-order chi connectivity index (χ0) is 11.5. The van der Waals surface area contributed by atoms with Crippen LogP contribution in [0.1, 0.15) is 37.4 Å². The molecule has 3 heterocycles. The Morgan fingerprint density at radius 1 is 1.12 bits per heavy atom. The maximum Gasteiger partial charge on any atom is 0.133 e. The van der Waals surface area contributed by atoms with Gasteiger partial charge in [0, 0.05) is 12.0 Å². The number of aromatic amines is 1. The molecular formula is C12H21N5. The summed E-state index contributed by atoms with van der Waals surface area (Å²) in [5.41, 5.74) is 0. The second kappa shape index (κ2) is 5.14. The lowest BCUT2D eigenvalue weighted by atomic mass is 9.93. The number of piperidine rings is 2. The summed E-state index contributed by atoms with van der Waals surface area (Å²) < 4.78 is 0. The molecule has 0 amide bonds. The van der Waals surface area contributed by atoms with Gasteiger partial charge in [-0.05, 0) is 51.9 Å². The van der Waals surface area contributed by atoms with E-state index >= 15 is 0 Å². The predicted octanol–water partition coefficient (Wildman–Crippen LogP) is 0.736. The molecule has 2 saturated heterocycles. The molecule has 5 nitrogen and oxygen atoms in total. The van der Waals surface area contributed by atoms with Crippen LogP contribution in [0.4, 0.5) is 0 Å².